The Hall–Kier alpha value is -2.24. The van der Waals surface area contributed by atoms with Gasteiger partial charge in [-0.3, -0.25) is 9.59 Å². The van der Waals surface area contributed by atoms with E-state index < -0.39 is 0 Å². The minimum Gasteiger partial charge on any atom is -0.497 e. The van der Waals surface area contributed by atoms with Crippen molar-refractivity contribution in [2.45, 2.75) is 50.9 Å². The van der Waals surface area contributed by atoms with Gasteiger partial charge in [0.15, 0.2) is 0 Å². The van der Waals surface area contributed by atoms with Crippen molar-refractivity contribution in [3.8, 4) is 11.5 Å². The maximum atomic E-state index is 13.5. The van der Waals surface area contributed by atoms with Crippen molar-refractivity contribution < 1.29 is 19.1 Å². The number of likely N-dealkylation sites (tertiary alicyclic amines) is 2. The monoisotopic (exact) mass is 414 g/mol. The topological polar surface area (TPSA) is 59.1 Å². The lowest BCUT2D eigenvalue weighted by Gasteiger charge is -2.31. The summed E-state index contributed by atoms with van der Waals surface area (Å²) in [5, 5.41) is 0. The number of amides is 2. The van der Waals surface area contributed by atoms with Crippen molar-refractivity contribution in [1.29, 1.82) is 0 Å². The molecule has 30 heavy (non-hydrogen) atoms. The number of rotatable bonds is 5. The molecule has 0 aromatic heterocycles. The van der Waals surface area contributed by atoms with E-state index in [-0.39, 0.29) is 29.6 Å². The summed E-state index contributed by atoms with van der Waals surface area (Å²) in [5.74, 6) is 1.74. The first-order valence-corrected chi connectivity index (χ1v) is 11.4. The van der Waals surface area contributed by atoms with Crippen LogP contribution in [0.15, 0.2) is 18.2 Å². The maximum Gasteiger partial charge on any atom is 0.228 e. The smallest absolute Gasteiger partial charge is 0.228 e. The molecular formula is C24H34N2O4. The number of nitrogens with zero attached hydrogens (tertiary/aromatic N) is 2. The Bertz CT molecular complexity index is 768. The molecule has 0 bridgehead atoms. The average molecular weight is 415 g/mol. The zero-order valence-electron chi connectivity index (χ0n) is 18.3. The Kier molecular flexibility index (Phi) is 6.49. The molecule has 3 aliphatic rings. The minimum absolute atomic E-state index is 0.0742. The fourth-order valence-electron chi connectivity index (χ4n) is 5.46. The van der Waals surface area contributed by atoms with Gasteiger partial charge in [0.05, 0.1) is 20.1 Å². The summed E-state index contributed by atoms with van der Waals surface area (Å²) >= 11 is 0. The lowest BCUT2D eigenvalue weighted by molar-refractivity contribution is -0.137. The van der Waals surface area contributed by atoms with Crippen molar-refractivity contribution >= 4 is 11.8 Å². The van der Waals surface area contributed by atoms with Crippen LogP contribution in [-0.4, -0.2) is 62.0 Å². The number of benzene rings is 1. The van der Waals surface area contributed by atoms with Crippen LogP contribution in [0.5, 0.6) is 11.5 Å². The predicted octanol–water partition coefficient (Wildman–Crippen LogP) is 3.45. The first kappa shape index (κ1) is 21.0. The number of piperidine rings is 1. The normalized spacial score (nSPS) is 24.9. The van der Waals surface area contributed by atoms with Crippen LogP contribution in [-0.2, 0) is 9.59 Å². The highest BCUT2D eigenvalue weighted by atomic mass is 16.5. The number of carbonyl (C=O) groups excluding carboxylic acids is 2. The van der Waals surface area contributed by atoms with E-state index in [2.05, 4.69) is 0 Å². The number of hydrogen-bond donors (Lipinski definition) is 0. The van der Waals surface area contributed by atoms with Gasteiger partial charge in [-0.2, -0.15) is 0 Å². The summed E-state index contributed by atoms with van der Waals surface area (Å²) in [7, 11) is 3.30. The van der Waals surface area contributed by atoms with Gasteiger partial charge in [-0.15, -0.1) is 0 Å². The van der Waals surface area contributed by atoms with Crippen molar-refractivity contribution in [2.24, 2.45) is 11.8 Å². The van der Waals surface area contributed by atoms with Crippen molar-refractivity contribution in [2.75, 3.05) is 40.4 Å². The van der Waals surface area contributed by atoms with Gasteiger partial charge in [-0.1, -0.05) is 12.8 Å². The highest BCUT2D eigenvalue weighted by Gasteiger charge is 2.44. The summed E-state index contributed by atoms with van der Waals surface area (Å²) in [6.45, 7) is 2.74. The summed E-state index contributed by atoms with van der Waals surface area (Å²) in [6, 6.07) is 5.75. The molecule has 6 heteroatoms. The average Bonchev–Trinajstić information content (AvgIpc) is 3.49. The second-order valence-electron chi connectivity index (χ2n) is 8.93. The standard InChI is InChI=1S/C24H34N2O4/c1-29-18-10-11-22(30-2)19(14-18)20-15-26(23(27)17-8-4-5-9-17)16-21(20)24(28)25-12-6-3-7-13-25/h10-11,14,17,20-21H,3-9,12-13,15-16H2,1-2H3/t20-,21+/m0/s1. The van der Waals surface area contributed by atoms with Gasteiger partial charge in [0.1, 0.15) is 11.5 Å². The van der Waals surface area contributed by atoms with Crippen LogP contribution < -0.4 is 9.47 Å². The van der Waals surface area contributed by atoms with Crippen LogP contribution in [0.2, 0.25) is 0 Å². The second kappa shape index (κ2) is 9.27. The molecule has 1 aromatic carbocycles. The predicted molar refractivity (Wildman–Crippen MR) is 115 cm³/mol. The van der Waals surface area contributed by atoms with E-state index in [4.69, 9.17) is 9.47 Å². The highest BCUT2D eigenvalue weighted by molar-refractivity contribution is 5.84. The van der Waals surface area contributed by atoms with Gasteiger partial charge in [0.25, 0.3) is 0 Å². The number of methoxy groups -OCH3 is 2. The van der Waals surface area contributed by atoms with Crippen LogP contribution in [0, 0.1) is 11.8 Å². The van der Waals surface area contributed by atoms with Crippen molar-refractivity contribution in [3.05, 3.63) is 23.8 Å². The molecule has 6 nitrogen and oxygen atoms in total. The Morgan fingerprint density at radius 3 is 2.27 bits per heavy atom. The molecule has 1 saturated carbocycles. The number of ether oxygens (including phenoxy) is 2. The summed E-state index contributed by atoms with van der Waals surface area (Å²) < 4.78 is 11.1. The molecule has 2 aliphatic heterocycles. The van der Waals surface area contributed by atoms with E-state index >= 15 is 0 Å². The Balaban J connectivity index is 1.64. The van der Waals surface area contributed by atoms with Crippen LogP contribution >= 0.6 is 0 Å². The summed E-state index contributed by atoms with van der Waals surface area (Å²) in [4.78, 5) is 30.7. The molecule has 2 saturated heterocycles. The van der Waals surface area contributed by atoms with Gasteiger partial charge >= 0.3 is 0 Å². The molecule has 164 valence electrons. The SMILES string of the molecule is COc1ccc(OC)c([C@@H]2CN(C(=O)C3CCCC3)C[C@H]2C(=O)N2CCCCC2)c1. The fourth-order valence-corrected chi connectivity index (χ4v) is 5.46. The quantitative estimate of drug-likeness (QED) is 0.741. The van der Waals surface area contributed by atoms with E-state index in [0.717, 1.165) is 68.7 Å². The van der Waals surface area contributed by atoms with E-state index in [1.54, 1.807) is 14.2 Å². The first-order chi connectivity index (χ1) is 14.6. The van der Waals surface area contributed by atoms with Crippen LogP contribution in [0.3, 0.4) is 0 Å². The van der Waals surface area contributed by atoms with Crippen LogP contribution in [0.25, 0.3) is 0 Å². The summed E-state index contributed by atoms with van der Waals surface area (Å²) in [6.07, 6.45) is 7.54. The zero-order valence-corrected chi connectivity index (χ0v) is 18.3. The molecule has 1 aromatic rings. The molecule has 1 aliphatic carbocycles. The zero-order chi connectivity index (χ0) is 21.1. The molecule has 2 atom stereocenters. The van der Waals surface area contributed by atoms with E-state index in [1.807, 2.05) is 28.0 Å². The van der Waals surface area contributed by atoms with Crippen LogP contribution in [0.4, 0.5) is 0 Å². The van der Waals surface area contributed by atoms with Crippen molar-refractivity contribution in [1.82, 2.24) is 9.80 Å². The molecule has 3 fully saturated rings. The first-order valence-electron chi connectivity index (χ1n) is 11.4. The molecule has 0 spiro atoms. The molecule has 0 N–H and O–H groups in total. The highest BCUT2D eigenvalue weighted by Crippen LogP contribution is 2.41. The second-order valence-corrected chi connectivity index (χ2v) is 8.93. The Morgan fingerprint density at radius 1 is 0.867 bits per heavy atom. The number of hydrogen-bond acceptors (Lipinski definition) is 4. The van der Waals surface area contributed by atoms with Crippen LogP contribution in [0.1, 0.15) is 56.4 Å². The lowest BCUT2D eigenvalue weighted by Crippen LogP contribution is -2.42. The maximum absolute atomic E-state index is 13.5. The Morgan fingerprint density at radius 2 is 1.60 bits per heavy atom. The molecular weight excluding hydrogens is 380 g/mol. The lowest BCUT2D eigenvalue weighted by atomic mass is 9.86. The molecule has 2 heterocycles. The molecule has 2 amide bonds. The third-order valence-corrected chi connectivity index (χ3v) is 7.16. The van der Waals surface area contributed by atoms with E-state index in [1.165, 1.54) is 6.42 Å². The van der Waals surface area contributed by atoms with Gasteiger partial charge in [-0.05, 0) is 50.3 Å². The fraction of sp³-hybridized carbons (Fsp3) is 0.667. The molecule has 0 radical (unpaired) electrons. The third kappa shape index (κ3) is 4.14. The van der Waals surface area contributed by atoms with Gasteiger partial charge in [0, 0.05) is 43.6 Å². The minimum atomic E-state index is -0.227. The molecule has 0 unspecified atom stereocenters. The van der Waals surface area contributed by atoms with Gasteiger partial charge in [-0.25, -0.2) is 0 Å². The third-order valence-electron chi connectivity index (χ3n) is 7.16. The molecule has 4 rings (SSSR count). The van der Waals surface area contributed by atoms with Gasteiger partial charge in [0.2, 0.25) is 11.8 Å². The summed E-state index contributed by atoms with van der Waals surface area (Å²) in [5.41, 5.74) is 0.967. The van der Waals surface area contributed by atoms with Crippen molar-refractivity contribution in [3.63, 3.8) is 0 Å². The number of carbonyl (C=O) groups is 2. The van der Waals surface area contributed by atoms with E-state index in [9.17, 15) is 9.59 Å². The van der Waals surface area contributed by atoms with E-state index in [0.29, 0.717) is 13.1 Å². The Labute approximate surface area is 179 Å². The largest absolute Gasteiger partial charge is 0.497 e. The van der Waals surface area contributed by atoms with Gasteiger partial charge < -0.3 is 19.3 Å².